The van der Waals surface area contributed by atoms with Crippen LogP contribution in [0.1, 0.15) is 71.4 Å². The molecule has 4 aromatic rings. The second-order valence-electron chi connectivity index (χ2n) is 14.8. The third-order valence-electron chi connectivity index (χ3n) is 11.2. The van der Waals surface area contributed by atoms with E-state index in [-0.39, 0.29) is 47.7 Å². The van der Waals surface area contributed by atoms with Crippen molar-refractivity contribution >= 4 is 43.2 Å². The number of Topliss-reactive ketones (excluding diaryl/α,β-unsaturated/α-hetero) is 1. The molecule has 12 nitrogen and oxygen atoms in total. The van der Waals surface area contributed by atoms with E-state index in [1.807, 2.05) is 6.07 Å². The van der Waals surface area contributed by atoms with Crippen LogP contribution in [0.2, 0.25) is 0 Å². The molecule has 324 valence electrons. The number of nitrogens with two attached hydrogens (primary N) is 1. The van der Waals surface area contributed by atoms with Crippen LogP contribution in [0, 0.1) is 11.6 Å². The molecule has 0 unspecified atom stereocenters. The Kier molecular flexibility index (Phi) is 16.3. The predicted molar refractivity (Wildman–Crippen MR) is 231 cm³/mol. The highest BCUT2D eigenvalue weighted by Gasteiger charge is 2.37. The van der Waals surface area contributed by atoms with Crippen molar-refractivity contribution in [3.63, 3.8) is 0 Å². The van der Waals surface area contributed by atoms with Gasteiger partial charge in [0.05, 0.1) is 54.2 Å². The standard InChI is InChI=1S/C22H28FN3O3S.C22H27FN2O4S/c1-2-25-12-10-20(11-13-25)30(28,29)26(19-6-4-3-5-7-19)16-18-9-8-17(14-21(18)23)22(27)15-24;1-3-24-13-11-20(12-14-24)30(27,28)25(19-7-5-4-6-8-19)16-18-10-9-17(15-21(18)23)22(26)29-2/h3-9,14,20H,2,10-13,15-16,24H2,1H3;4-10,15,20H,3,11-14,16H2,1-2H3. The van der Waals surface area contributed by atoms with Crippen LogP contribution in [0.15, 0.2) is 97.1 Å². The molecule has 2 saturated heterocycles. The van der Waals surface area contributed by atoms with Crippen LogP contribution >= 0.6 is 0 Å². The van der Waals surface area contributed by atoms with Crippen LogP contribution in [0.25, 0.3) is 0 Å². The summed E-state index contributed by atoms with van der Waals surface area (Å²) in [5.41, 5.74) is 7.00. The summed E-state index contributed by atoms with van der Waals surface area (Å²) in [6, 6.07) is 25.5. The van der Waals surface area contributed by atoms with Crippen molar-refractivity contribution in [1.29, 1.82) is 0 Å². The van der Waals surface area contributed by atoms with Gasteiger partial charge in [-0.1, -0.05) is 68.4 Å². The Balaban J connectivity index is 0.000000228. The van der Waals surface area contributed by atoms with Gasteiger partial charge in [0.25, 0.3) is 0 Å². The highest BCUT2D eigenvalue weighted by molar-refractivity contribution is 7.93. The molecule has 0 atom stereocenters. The molecule has 0 amide bonds. The van der Waals surface area contributed by atoms with Gasteiger partial charge < -0.3 is 20.3 Å². The first kappa shape index (κ1) is 46.3. The van der Waals surface area contributed by atoms with E-state index >= 15 is 0 Å². The Morgan fingerprint density at radius 3 is 1.38 bits per heavy atom. The van der Waals surface area contributed by atoms with E-state index in [1.54, 1.807) is 54.6 Å². The first-order valence-corrected chi connectivity index (χ1v) is 23.2. The van der Waals surface area contributed by atoms with Gasteiger partial charge in [0, 0.05) is 16.7 Å². The molecular weight excluding hydrogens is 813 g/mol. The van der Waals surface area contributed by atoms with E-state index in [0.717, 1.165) is 51.4 Å². The Labute approximate surface area is 353 Å². The number of anilines is 2. The number of sulfonamides is 2. The molecule has 0 aromatic heterocycles. The molecule has 4 aromatic carbocycles. The lowest BCUT2D eigenvalue weighted by Gasteiger charge is -2.35. The van der Waals surface area contributed by atoms with Crippen LogP contribution in [0.4, 0.5) is 20.2 Å². The van der Waals surface area contributed by atoms with Crippen molar-refractivity contribution in [3.05, 3.63) is 131 Å². The third-order valence-corrected chi connectivity index (χ3v) is 15.7. The number of nitrogens with zero attached hydrogens (tertiary/aromatic N) is 4. The number of carbonyl (C=O) groups is 2. The van der Waals surface area contributed by atoms with Crippen molar-refractivity contribution < 1.29 is 39.9 Å². The molecule has 16 heteroatoms. The minimum atomic E-state index is -3.71. The average Bonchev–Trinajstić information content (AvgIpc) is 3.28. The van der Waals surface area contributed by atoms with E-state index in [4.69, 9.17) is 5.73 Å². The largest absolute Gasteiger partial charge is 0.465 e. The maximum Gasteiger partial charge on any atom is 0.337 e. The Morgan fingerprint density at radius 2 is 1.03 bits per heavy atom. The van der Waals surface area contributed by atoms with E-state index < -0.39 is 48.2 Å². The second-order valence-corrected chi connectivity index (χ2v) is 19.0. The van der Waals surface area contributed by atoms with Crippen molar-refractivity contribution in [2.45, 2.75) is 63.1 Å². The van der Waals surface area contributed by atoms with Crippen LogP contribution in [0.5, 0.6) is 0 Å². The molecule has 0 bridgehead atoms. The second kappa shape index (κ2) is 21.2. The number of methoxy groups -OCH3 is 1. The summed E-state index contributed by atoms with van der Waals surface area (Å²) in [5.74, 6) is -2.27. The third kappa shape index (κ3) is 11.3. The number of ether oxygens (including phenoxy) is 1. The van der Waals surface area contributed by atoms with Crippen molar-refractivity contribution in [3.8, 4) is 0 Å². The first-order valence-electron chi connectivity index (χ1n) is 20.2. The number of para-hydroxylation sites is 2. The number of likely N-dealkylation sites (tertiary alicyclic amines) is 2. The zero-order valence-electron chi connectivity index (χ0n) is 34.4. The fraction of sp³-hybridized carbons (Fsp3) is 0.409. The molecule has 2 aliphatic heterocycles. The van der Waals surface area contributed by atoms with Gasteiger partial charge >= 0.3 is 5.97 Å². The number of halogens is 2. The lowest BCUT2D eigenvalue weighted by molar-refractivity contribution is 0.0600. The molecule has 6 rings (SSSR count). The van der Waals surface area contributed by atoms with Gasteiger partial charge in [-0.2, -0.15) is 0 Å². The summed E-state index contributed by atoms with van der Waals surface area (Å²) < 4.78 is 90.8. The SMILES string of the molecule is CCN1CCC(S(=O)(=O)N(Cc2ccc(C(=O)CN)cc2F)c2ccccc2)CC1.CCN1CCC(S(=O)(=O)N(Cc2ccc(C(=O)OC)cc2F)c2ccccc2)CC1. The minimum absolute atomic E-state index is 0.0832. The first-order chi connectivity index (χ1) is 28.7. The van der Waals surface area contributed by atoms with Crippen molar-refractivity contribution in [2.24, 2.45) is 5.73 Å². The van der Waals surface area contributed by atoms with Crippen LogP contribution in [-0.2, 0) is 37.9 Å². The summed E-state index contributed by atoms with van der Waals surface area (Å²) >= 11 is 0. The summed E-state index contributed by atoms with van der Waals surface area (Å²) in [6.07, 6.45) is 2.18. The fourth-order valence-corrected chi connectivity index (χ4v) is 11.3. The Hall–Kier alpha value is -4.74. The van der Waals surface area contributed by atoms with E-state index in [9.17, 15) is 35.2 Å². The van der Waals surface area contributed by atoms with E-state index in [2.05, 4.69) is 28.4 Å². The average molecular weight is 868 g/mol. The van der Waals surface area contributed by atoms with Gasteiger partial charge in [-0.3, -0.25) is 13.4 Å². The Morgan fingerprint density at radius 1 is 0.650 bits per heavy atom. The number of hydrogen-bond donors (Lipinski definition) is 1. The molecular formula is C44H55F2N5O7S2. The number of ketones is 1. The highest BCUT2D eigenvalue weighted by atomic mass is 32.2. The van der Waals surface area contributed by atoms with Crippen LogP contribution in [0.3, 0.4) is 0 Å². The minimum Gasteiger partial charge on any atom is -0.465 e. The van der Waals surface area contributed by atoms with Crippen molar-refractivity contribution in [1.82, 2.24) is 9.80 Å². The fourth-order valence-electron chi connectivity index (χ4n) is 7.45. The zero-order chi connectivity index (χ0) is 43.5. The lowest BCUT2D eigenvalue weighted by atomic mass is 10.1. The lowest BCUT2D eigenvalue weighted by Crippen LogP contribution is -2.45. The monoisotopic (exact) mass is 867 g/mol. The van der Waals surface area contributed by atoms with Gasteiger partial charge in [0.1, 0.15) is 11.6 Å². The van der Waals surface area contributed by atoms with Crippen LogP contribution < -0.4 is 14.3 Å². The molecule has 60 heavy (non-hydrogen) atoms. The van der Waals surface area contributed by atoms with Crippen molar-refractivity contribution in [2.75, 3.05) is 61.5 Å². The predicted octanol–water partition coefficient (Wildman–Crippen LogP) is 6.22. The number of carbonyl (C=O) groups excluding carboxylic acids is 2. The van der Waals surface area contributed by atoms with E-state index in [0.29, 0.717) is 37.1 Å². The summed E-state index contributed by atoms with van der Waals surface area (Å²) in [7, 11) is -6.18. The number of piperidine rings is 2. The van der Waals surface area contributed by atoms with E-state index in [1.165, 1.54) is 40.0 Å². The molecule has 0 radical (unpaired) electrons. The van der Waals surface area contributed by atoms with Gasteiger partial charge in [-0.15, -0.1) is 0 Å². The summed E-state index contributed by atoms with van der Waals surface area (Å²) in [4.78, 5) is 27.8. The molecule has 0 saturated carbocycles. The maximum absolute atomic E-state index is 14.7. The number of hydrogen-bond acceptors (Lipinski definition) is 10. The highest BCUT2D eigenvalue weighted by Crippen LogP contribution is 2.30. The quantitative estimate of drug-likeness (QED) is 0.108. The van der Waals surface area contributed by atoms with Gasteiger partial charge in [0.15, 0.2) is 5.78 Å². The maximum atomic E-state index is 14.7. The summed E-state index contributed by atoms with van der Waals surface area (Å²) in [6.45, 7) is 8.34. The number of rotatable bonds is 15. The van der Waals surface area contributed by atoms with Gasteiger partial charge in [-0.05, 0) is 107 Å². The number of benzene rings is 4. The topological polar surface area (TPSA) is 151 Å². The number of esters is 1. The smallest absolute Gasteiger partial charge is 0.337 e. The summed E-state index contributed by atoms with van der Waals surface area (Å²) in [5, 5.41) is -1.03. The molecule has 2 fully saturated rings. The van der Waals surface area contributed by atoms with Gasteiger partial charge in [0.2, 0.25) is 20.0 Å². The molecule has 0 spiro atoms. The zero-order valence-corrected chi connectivity index (χ0v) is 36.0. The Bertz CT molecular complexity index is 2110. The van der Waals surface area contributed by atoms with Crippen LogP contribution in [-0.4, -0.2) is 102 Å². The molecule has 2 aliphatic rings. The normalized spacial score (nSPS) is 15.8. The molecule has 2 heterocycles. The molecule has 2 N–H and O–H groups in total. The molecule has 0 aliphatic carbocycles. The van der Waals surface area contributed by atoms with Gasteiger partial charge in [-0.25, -0.2) is 30.4 Å².